The first-order valence-corrected chi connectivity index (χ1v) is 8.67. The van der Waals surface area contributed by atoms with Gasteiger partial charge in [0.2, 0.25) is 5.91 Å². The predicted octanol–water partition coefficient (Wildman–Crippen LogP) is 2.21. The second-order valence-corrected chi connectivity index (χ2v) is 6.34. The van der Waals surface area contributed by atoms with Gasteiger partial charge in [-0.2, -0.15) is 0 Å². The van der Waals surface area contributed by atoms with E-state index in [0.29, 0.717) is 31.7 Å². The summed E-state index contributed by atoms with van der Waals surface area (Å²) in [6, 6.07) is 13.7. The first-order chi connectivity index (χ1) is 12.5. The molecule has 5 nitrogen and oxygen atoms in total. The molecule has 0 spiro atoms. The minimum Gasteiger partial charge on any atom is -0.368 e. The average Bonchev–Trinajstić information content (AvgIpc) is 2.67. The minimum absolute atomic E-state index is 0.0102. The number of aryl methyl sites for hydroxylation is 1. The maximum absolute atomic E-state index is 13.0. The summed E-state index contributed by atoms with van der Waals surface area (Å²) in [4.78, 5) is 28.4. The lowest BCUT2D eigenvalue weighted by Gasteiger charge is -2.36. The van der Waals surface area contributed by atoms with Crippen molar-refractivity contribution in [2.45, 2.75) is 6.92 Å². The number of halogens is 1. The van der Waals surface area contributed by atoms with Crippen molar-refractivity contribution in [1.29, 1.82) is 0 Å². The quantitative estimate of drug-likeness (QED) is 0.915. The predicted molar refractivity (Wildman–Crippen MR) is 98.7 cm³/mol. The van der Waals surface area contributed by atoms with Gasteiger partial charge < -0.3 is 15.1 Å². The van der Waals surface area contributed by atoms with Crippen LogP contribution in [0.2, 0.25) is 0 Å². The first kappa shape index (κ1) is 17.9. The van der Waals surface area contributed by atoms with Gasteiger partial charge >= 0.3 is 0 Å². The fraction of sp³-hybridized carbons (Fsp3) is 0.300. The number of carbonyl (C=O) groups is 2. The average molecular weight is 355 g/mol. The van der Waals surface area contributed by atoms with Crippen LogP contribution < -0.4 is 10.2 Å². The molecule has 2 aromatic rings. The first-order valence-electron chi connectivity index (χ1n) is 8.67. The minimum atomic E-state index is -0.257. The highest BCUT2D eigenvalue weighted by molar-refractivity contribution is 5.97. The molecule has 0 radical (unpaired) electrons. The van der Waals surface area contributed by atoms with Gasteiger partial charge in [-0.3, -0.25) is 9.59 Å². The van der Waals surface area contributed by atoms with Crippen molar-refractivity contribution in [2.75, 3.05) is 37.6 Å². The van der Waals surface area contributed by atoms with Crippen LogP contribution >= 0.6 is 0 Å². The van der Waals surface area contributed by atoms with Gasteiger partial charge in [-0.25, -0.2) is 4.39 Å². The Kier molecular flexibility index (Phi) is 5.51. The third-order valence-electron chi connectivity index (χ3n) is 4.61. The number of benzene rings is 2. The highest BCUT2D eigenvalue weighted by Crippen LogP contribution is 2.17. The van der Waals surface area contributed by atoms with Gasteiger partial charge in [-0.05, 0) is 42.8 Å². The van der Waals surface area contributed by atoms with Gasteiger partial charge in [-0.1, -0.05) is 18.2 Å². The van der Waals surface area contributed by atoms with Crippen molar-refractivity contribution in [3.05, 3.63) is 65.5 Å². The van der Waals surface area contributed by atoms with E-state index in [1.807, 2.05) is 19.1 Å². The molecule has 6 heteroatoms. The van der Waals surface area contributed by atoms with Crippen LogP contribution in [0.15, 0.2) is 48.5 Å². The topological polar surface area (TPSA) is 52.7 Å². The molecule has 0 saturated carbocycles. The lowest BCUT2D eigenvalue weighted by molar-refractivity contribution is -0.130. The summed E-state index contributed by atoms with van der Waals surface area (Å²) in [7, 11) is 0. The molecule has 1 fully saturated rings. The van der Waals surface area contributed by atoms with Crippen LogP contribution in [0.3, 0.4) is 0 Å². The summed E-state index contributed by atoms with van der Waals surface area (Å²) in [5, 5.41) is 2.70. The largest absolute Gasteiger partial charge is 0.368 e. The van der Waals surface area contributed by atoms with Gasteiger partial charge in [0.1, 0.15) is 5.82 Å². The van der Waals surface area contributed by atoms with Gasteiger partial charge in [0.15, 0.2) is 0 Å². The lowest BCUT2D eigenvalue weighted by Crippen LogP contribution is -2.51. The van der Waals surface area contributed by atoms with E-state index in [9.17, 15) is 14.0 Å². The smallest absolute Gasteiger partial charge is 0.251 e. The highest BCUT2D eigenvalue weighted by atomic mass is 19.1. The van der Waals surface area contributed by atoms with E-state index in [4.69, 9.17) is 0 Å². The molecule has 2 amide bonds. The van der Waals surface area contributed by atoms with Crippen molar-refractivity contribution < 1.29 is 14.0 Å². The summed E-state index contributed by atoms with van der Waals surface area (Å²) in [6.45, 7) is 4.38. The molecular weight excluding hydrogens is 333 g/mol. The van der Waals surface area contributed by atoms with E-state index < -0.39 is 0 Å². The molecular formula is C20H22FN3O2. The number of piperazine rings is 1. The van der Waals surface area contributed by atoms with Crippen LogP contribution in [0, 0.1) is 12.7 Å². The normalized spacial score (nSPS) is 14.2. The Bertz CT molecular complexity index is 784. The van der Waals surface area contributed by atoms with Crippen molar-refractivity contribution >= 4 is 17.5 Å². The Morgan fingerprint density at radius 1 is 1.00 bits per heavy atom. The van der Waals surface area contributed by atoms with Crippen molar-refractivity contribution in [1.82, 2.24) is 10.2 Å². The molecule has 1 N–H and O–H groups in total. The zero-order valence-corrected chi connectivity index (χ0v) is 14.7. The molecule has 1 heterocycles. The van der Waals surface area contributed by atoms with E-state index in [1.54, 1.807) is 29.2 Å². The Labute approximate surface area is 152 Å². The molecule has 1 saturated heterocycles. The van der Waals surface area contributed by atoms with Crippen LogP contribution in [-0.2, 0) is 4.79 Å². The zero-order chi connectivity index (χ0) is 18.5. The van der Waals surface area contributed by atoms with E-state index in [-0.39, 0.29) is 24.2 Å². The number of carbonyl (C=O) groups excluding carboxylic acids is 2. The number of hydrogen-bond acceptors (Lipinski definition) is 3. The van der Waals surface area contributed by atoms with Gasteiger partial charge in [0, 0.05) is 37.4 Å². The second kappa shape index (κ2) is 7.99. The molecule has 1 aliphatic heterocycles. The highest BCUT2D eigenvalue weighted by Gasteiger charge is 2.21. The molecule has 26 heavy (non-hydrogen) atoms. The summed E-state index contributed by atoms with van der Waals surface area (Å²) in [6.07, 6.45) is 0. The van der Waals surface area contributed by atoms with Crippen molar-refractivity contribution in [3.8, 4) is 0 Å². The maximum atomic E-state index is 13.0. The Morgan fingerprint density at radius 2 is 1.65 bits per heavy atom. The molecule has 2 aromatic carbocycles. The van der Waals surface area contributed by atoms with E-state index in [1.165, 1.54) is 12.1 Å². The van der Waals surface area contributed by atoms with Gasteiger partial charge in [0.05, 0.1) is 6.54 Å². The molecule has 0 aliphatic carbocycles. The van der Waals surface area contributed by atoms with Gasteiger partial charge in [0.25, 0.3) is 5.91 Å². The third-order valence-corrected chi connectivity index (χ3v) is 4.61. The second-order valence-electron chi connectivity index (χ2n) is 6.34. The van der Waals surface area contributed by atoms with E-state index in [2.05, 4.69) is 10.2 Å². The monoisotopic (exact) mass is 355 g/mol. The Balaban J connectivity index is 1.48. The molecule has 0 atom stereocenters. The fourth-order valence-electron chi connectivity index (χ4n) is 3.06. The summed E-state index contributed by atoms with van der Waals surface area (Å²) >= 11 is 0. The Hall–Kier alpha value is -2.89. The van der Waals surface area contributed by atoms with E-state index in [0.717, 1.165) is 11.3 Å². The molecule has 0 bridgehead atoms. The molecule has 0 aromatic heterocycles. The Morgan fingerprint density at radius 3 is 2.31 bits per heavy atom. The summed E-state index contributed by atoms with van der Waals surface area (Å²) in [5.41, 5.74) is 2.41. The van der Waals surface area contributed by atoms with Crippen LogP contribution in [0.5, 0.6) is 0 Å². The number of hydrogen-bond donors (Lipinski definition) is 1. The van der Waals surface area contributed by atoms with Crippen molar-refractivity contribution in [2.24, 2.45) is 0 Å². The standard InChI is InChI=1S/C20H22FN3O2/c1-15-4-2-3-5-18(15)20(26)22-14-19(25)24-12-10-23(11-13-24)17-8-6-16(21)7-9-17/h2-9H,10-14H2,1H3,(H,22,26). The molecule has 136 valence electrons. The number of nitrogens with zero attached hydrogens (tertiary/aromatic N) is 2. The number of nitrogens with one attached hydrogen (secondary N) is 1. The van der Waals surface area contributed by atoms with Crippen molar-refractivity contribution in [3.63, 3.8) is 0 Å². The molecule has 1 aliphatic rings. The van der Waals surface area contributed by atoms with E-state index >= 15 is 0 Å². The lowest BCUT2D eigenvalue weighted by atomic mass is 10.1. The van der Waals surface area contributed by atoms with Crippen LogP contribution in [0.25, 0.3) is 0 Å². The van der Waals surface area contributed by atoms with Crippen LogP contribution in [0.1, 0.15) is 15.9 Å². The fourth-order valence-corrected chi connectivity index (χ4v) is 3.06. The SMILES string of the molecule is Cc1ccccc1C(=O)NCC(=O)N1CCN(c2ccc(F)cc2)CC1. The number of anilines is 1. The number of rotatable bonds is 4. The third kappa shape index (κ3) is 4.20. The summed E-state index contributed by atoms with van der Waals surface area (Å²) in [5.74, 6) is -0.584. The van der Waals surface area contributed by atoms with Gasteiger partial charge in [-0.15, -0.1) is 0 Å². The summed E-state index contributed by atoms with van der Waals surface area (Å²) < 4.78 is 13.0. The molecule has 0 unspecified atom stereocenters. The zero-order valence-electron chi connectivity index (χ0n) is 14.7. The number of amides is 2. The molecule has 3 rings (SSSR count). The van der Waals surface area contributed by atoms with Crippen LogP contribution in [0.4, 0.5) is 10.1 Å². The maximum Gasteiger partial charge on any atom is 0.251 e. The van der Waals surface area contributed by atoms with Crippen LogP contribution in [-0.4, -0.2) is 49.4 Å².